The van der Waals surface area contributed by atoms with Crippen LogP contribution in [0, 0.1) is 0 Å². The summed E-state index contributed by atoms with van der Waals surface area (Å²) >= 11 is 0. The van der Waals surface area contributed by atoms with E-state index in [1.807, 2.05) is 0 Å². The molecule has 1 aromatic rings. The maximum Gasteiger partial charge on any atom is 0.297 e. The number of hydrogen-bond acceptors (Lipinski definition) is 3. The van der Waals surface area contributed by atoms with E-state index in [1.165, 1.54) is 18.5 Å². The van der Waals surface area contributed by atoms with E-state index in [0.29, 0.717) is 0 Å². The molecule has 0 unspecified atom stereocenters. The van der Waals surface area contributed by atoms with Gasteiger partial charge in [-0.15, -0.1) is 10.2 Å². The van der Waals surface area contributed by atoms with Crippen LogP contribution in [0.1, 0.15) is 20.7 Å². The number of nitrogens with zero attached hydrogens (tertiary/aromatic N) is 3. The third-order valence-corrected chi connectivity index (χ3v) is 1.51. The number of azo groups is 1. The lowest BCUT2D eigenvalue weighted by atomic mass is 10.1. The van der Waals surface area contributed by atoms with E-state index in [1.54, 1.807) is 0 Å². The van der Waals surface area contributed by atoms with Crippen molar-refractivity contribution in [1.82, 2.24) is 4.98 Å². The number of aromatic nitrogens is 1. The van der Waals surface area contributed by atoms with Crippen molar-refractivity contribution in [3.63, 3.8) is 0 Å². The summed E-state index contributed by atoms with van der Waals surface area (Å²) in [6.45, 7) is 0. The SMILES string of the molecule is O=C1N=NC(=O)c2cnccc21. The first-order chi connectivity index (χ1) is 5.79. The molecule has 12 heavy (non-hydrogen) atoms. The zero-order chi connectivity index (χ0) is 8.55. The van der Waals surface area contributed by atoms with E-state index in [-0.39, 0.29) is 11.1 Å². The van der Waals surface area contributed by atoms with Crippen LogP contribution >= 0.6 is 0 Å². The molecule has 0 atom stereocenters. The molecule has 1 aromatic heterocycles. The Labute approximate surface area is 67.1 Å². The first-order valence-corrected chi connectivity index (χ1v) is 3.23. The number of fused-ring (bicyclic) bond motifs is 1. The zero-order valence-electron chi connectivity index (χ0n) is 5.89. The van der Waals surface area contributed by atoms with Gasteiger partial charge in [-0.1, -0.05) is 0 Å². The van der Waals surface area contributed by atoms with E-state index in [9.17, 15) is 9.59 Å². The number of carbonyl (C=O) groups excluding carboxylic acids is 2. The molecule has 1 aliphatic heterocycles. The molecule has 2 amide bonds. The van der Waals surface area contributed by atoms with Gasteiger partial charge in [-0.2, -0.15) is 0 Å². The van der Waals surface area contributed by atoms with Gasteiger partial charge in [0.25, 0.3) is 11.8 Å². The van der Waals surface area contributed by atoms with Crippen LogP contribution in [0.5, 0.6) is 0 Å². The molecule has 0 N–H and O–H groups in total. The molecule has 0 fully saturated rings. The molecule has 58 valence electrons. The second-order valence-corrected chi connectivity index (χ2v) is 2.23. The molecule has 2 heterocycles. The zero-order valence-corrected chi connectivity index (χ0v) is 5.89. The van der Waals surface area contributed by atoms with E-state index in [0.717, 1.165) is 0 Å². The minimum Gasteiger partial charge on any atom is -0.265 e. The van der Waals surface area contributed by atoms with Crippen molar-refractivity contribution < 1.29 is 9.59 Å². The molecular formula is C7H3N3O2. The van der Waals surface area contributed by atoms with Gasteiger partial charge in [0.2, 0.25) is 0 Å². The van der Waals surface area contributed by atoms with Crippen molar-refractivity contribution in [1.29, 1.82) is 0 Å². The molecule has 0 spiro atoms. The van der Waals surface area contributed by atoms with Gasteiger partial charge in [-0.05, 0) is 6.07 Å². The first kappa shape index (κ1) is 6.78. The van der Waals surface area contributed by atoms with E-state index in [4.69, 9.17) is 0 Å². The Morgan fingerprint density at radius 1 is 1.00 bits per heavy atom. The Morgan fingerprint density at radius 3 is 2.33 bits per heavy atom. The first-order valence-electron chi connectivity index (χ1n) is 3.23. The summed E-state index contributed by atoms with van der Waals surface area (Å²) in [5, 5.41) is 6.31. The lowest BCUT2D eigenvalue weighted by Crippen LogP contribution is -2.10. The van der Waals surface area contributed by atoms with Crippen molar-refractivity contribution in [2.75, 3.05) is 0 Å². The van der Waals surface area contributed by atoms with Crippen molar-refractivity contribution >= 4 is 11.8 Å². The fourth-order valence-corrected chi connectivity index (χ4v) is 0.950. The van der Waals surface area contributed by atoms with Gasteiger partial charge in [0.1, 0.15) is 0 Å². The molecule has 0 aromatic carbocycles. The van der Waals surface area contributed by atoms with Gasteiger partial charge in [-0.3, -0.25) is 14.6 Å². The Balaban J connectivity index is 2.69. The lowest BCUT2D eigenvalue weighted by Gasteiger charge is -2.03. The highest BCUT2D eigenvalue weighted by atomic mass is 16.2. The monoisotopic (exact) mass is 161 g/mol. The molecule has 5 nitrogen and oxygen atoms in total. The summed E-state index contributed by atoms with van der Waals surface area (Å²) in [7, 11) is 0. The third kappa shape index (κ3) is 0.833. The molecule has 0 saturated heterocycles. The van der Waals surface area contributed by atoms with E-state index in [2.05, 4.69) is 15.2 Å². The number of amides is 2. The Morgan fingerprint density at radius 2 is 1.67 bits per heavy atom. The number of carbonyl (C=O) groups is 2. The summed E-state index contributed by atoms with van der Waals surface area (Å²) in [6, 6.07) is 1.45. The average molecular weight is 161 g/mol. The van der Waals surface area contributed by atoms with Crippen LogP contribution in [-0.4, -0.2) is 16.8 Å². The Kier molecular flexibility index (Phi) is 1.30. The van der Waals surface area contributed by atoms with Crippen molar-refractivity contribution in [2.24, 2.45) is 10.2 Å². The van der Waals surface area contributed by atoms with Crippen molar-refractivity contribution in [2.45, 2.75) is 0 Å². The molecule has 0 aliphatic carbocycles. The fraction of sp³-hybridized carbons (Fsp3) is 0. The highest BCUT2D eigenvalue weighted by Crippen LogP contribution is 2.14. The summed E-state index contributed by atoms with van der Waals surface area (Å²) in [5.41, 5.74) is 0.488. The predicted octanol–water partition coefficient (Wildman–Crippen LogP) is 0.828. The van der Waals surface area contributed by atoms with E-state index >= 15 is 0 Å². The smallest absolute Gasteiger partial charge is 0.265 e. The molecular weight excluding hydrogens is 158 g/mol. The highest BCUT2D eigenvalue weighted by Gasteiger charge is 2.20. The summed E-state index contributed by atoms with van der Waals surface area (Å²) in [6.07, 6.45) is 2.75. The van der Waals surface area contributed by atoms with Gasteiger partial charge in [0.05, 0.1) is 11.1 Å². The minimum atomic E-state index is -0.516. The van der Waals surface area contributed by atoms with Crippen LogP contribution in [-0.2, 0) is 0 Å². The summed E-state index contributed by atoms with van der Waals surface area (Å²) < 4.78 is 0. The standard InChI is InChI=1S/C7H3N3O2/c11-6-4-1-2-8-3-5(4)7(12)10-9-6/h1-3H. The van der Waals surface area contributed by atoms with Crippen LogP contribution < -0.4 is 0 Å². The molecule has 2 rings (SSSR count). The summed E-state index contributed by atoms with van der Waals surface area (Å²) in [5.74, 6) is -1.01. The molecule has 0 saturated carbocycles. The minimum absolute atomic E-state index is 0.220. The van der Waals surface area contributed by atoms with Crippen LogP contribution in [0.15, 0.2) is 28.7 Å². The number of rotatable bonds is 0. The maximum atomic E-state index is 11.0. The van der Waals surface area contributed by atoms with Crippen molar-refractivity contribution in [3.8, 4) is 0 Å². The van der Waals surface area contributed by atoms with Gasteiger partial charge >= 0.3 is 0 Å². The van der Waals surface area contributed by atoms with Gasteiger partial charge in [0.15, 0.2) is 0 Å². The topological polar surface area (TPSA) is 71.8 Å². The average Bonchev–Trinajstić information content (AvgIpc) is 2.12. The van der Waals surface area contributed by atoms with Crippen LogP contribution in [0.2, 0.25) is 0 Å². The number of pyridine rings is 1. The molecule has 1 aliphatic rings. The quantitative estimate of drug-likeness (QED) is 0.565. The third-order valence-electron chi connectivity index (χ3n) is 1.51. The highest BCUT2D eigenvalue weighted by molar-refractivity contribution is 6.10. The van der Waals surface area contributed by atoms with E-state index < -0.39 is 11.8 Å². The Hall–Kier alpha value is -1.91. The normalized spacial score (nSPS) is 14.7. The summed E-state index contributed by atoms with van der Waals surface area (Å²) in [4.78, 5) is 25.7. The Bertz CT molecular complexity index is 360. The van der Waals surface area contributed by atoms with Crippen molar-refractivity contribution in [3.05, 3.63) is 29.6 Å². The maximum absolute atomic E-state index is 11.0. The van der Waals surface area contributed by atoms with Crippen LogP contribution in [0.25, 0.3) is 0 Å². The van der Waals surface area contributed by atoms with Gasteiger partial charge in [0, 0.05) is 12.4 Å². The fourth-order valence-electron chi connectivity index (χ4n) is 0.950. The molecule has 5 heteroatoms. The largest absolute Gasteiger partial charge is 0.297 e. The lowest BCUT2D eigenvalue weighted by molar-refractivity contribution is 0.0920. The van der Waals surface area contributed by atoms with Gasteiger partial charge in [-0.25, -0.2) is 0 Å². The van der Waals surface area contributed by atoms with Crippen LogP contribution in [0.4, 0.5) is 0 Å². The predicted molar refractivity (Wildman–Crippen MR) is 37.8 cm³/mol. The second kappa shape index (κ2) is 2.30. The van der Waals surface area contributed by atoms with Crippen LogP contribution in [0.3, 0.4) is 0 Å². The molecule has 0 radical (unpaired) electrons. The molecule has 0 bridgehead atoms. The second-order valence-electron chi connectivity index (χ2n) is 2.23. The number of hydrogen-bond donors (Lipinski definition) is 0. The van der Waals surface area contributed by atoms with Gasteiger partial charge < -0.3 is 0 Å².